The molecular weight excluding hydrogens is 332 g/mol. The van der Waals surface area contributed by atoms with Crippen LogP contribution < -0.4 is 0 Å². The van der Waals surface area contributed by atoms with Gasteiger partial charge in [-0.2, -0.15) is 10.4 Å². The Kier molecular flexibility index (Phi) is 4.27. The molecule has 0 spiro atoms. The number of nitriles is 1. The Hall–Kier alpha value is -3.71. The van der Waals surface area contributed by atoms with Gasteiger partial charge in [0.25, 0.3) is 0 Å². The average Bonchev–Trinajstić information content (AvgIpc) is 3.10. The molecule has 1 N–H and O–H groups in total. The summed E-state index contributed by atoms with van der Waals surface area (Å²) in [5.74, 6) is 0. The molecule has 2 aromatic carbocycles. The maximum absolute atomic E-state index is 8.98. The summed E-state index contributed by atoms with van der Waals surface area (Å²) in [6, 6.07) is 20.2. The van der Waals surface area contributed by atoms with Crippen LogP contribution in [0.15, 0.2) is 67.0 Å². The van der Waals surface area contributed by atoms with Crippen molar-refractivity contribution in [1.82, 2.24) is 15.2 Å². The molecule has 4 nitrogen and oxygen atoms in total. The summed E-state index contributed by atoms with van der Waals surface area (Å²) in [6.45, 7) is 4.15. The number of nitrogens with zero attached hydrogens (tertiary/aromatic N) is 3. The fourth-order valence-electron chi connectivity index (χ4n) is 3.37. The van der Waals surface area contributed by atoms with Crippen molar-refractivity contribution in [2.75, 3.05) is 0 Å². The number of aromatic amines is 1. The Labute approximate surface area is 158 Å². The third-order valence-corrected chi connectivity index (χ3v) is 4.74. The molecule has 4 aromatic rings. The van der Waals surface area contributed by atoms with Crippen molar-refractivity contribution in [3.63, 3.8) is 0 Å². The predicted molar refractivity (Wildman–Crippen MR) is 107 cm³/mol. The Morgan fingerprint density at radius 3 is 2.22 bits per heavy atom. The molecule has 4 heteroatoms. The second-order valence-electron chi connectivity index (χ2n) is 6.53. The van der Waals surface area contributed by atoms with E-state index in [0.717, 1.165) is 39.2 Å². The second kappa shape index (κ2) is 6.89. The Morgan fingerprint density at radius 1 is 0.852 bits per heavy atom. The summed E-state index contributed by atoms with van der Waals surface area (Å²) in [5.41, 5.74) is 9.36. The van der Waals surface area contributed by atoms with Gasteiger partial charge in [0.1, 0.15) is 5.69 Å². The number of aryl methyl sites for hydroxylation is 2. The van der Waals surface area contributed by atoms with Gasteiger partial charge < -0.3 is 0 Å². The third kappa shape index (κ3) is 3.11. The minimum atomic E-state index is 0.670. The Bertz CT molecular complexity index is 1130. The third-order valence-electron chi connectivity index (χ3n) is 4.74. The summed E-state index contributed by atoms with van der Waals surface area (Å²) in [4.78, 5) is 4.09. The summed E-state index contributed by atoms with van der Waals surface area (Å²) < 4.78 is 0. The van der Waals surface area contributed by atoms with E-state index in [9.17, 15) is 0 Å². The molecule has 0 fully saturated rings. The zero-order chi connectivity index (χ0) is 18.8. The van der Waals surface area contributed by atoms with Gasteiger partial charge in [-0.3, -0.25) is 10.1 Å². The topological polar surface area (TPSA) is 65.4 Å². The van der Waals surface area contributed by atoms with Gasteiger partial charge in [-0.1, -0.05) is 30.3 Å². The van der Waals surface area contributed by atoms with Gasteiger partial charge >= 0.3 is 0 Å². The first-order valence-corrected chi connectivity index (χ1v) is 8.74. The number of H-pyrrole nitrogens is 1. The summed E-state index contributed by atoms with van der Waals surface area (Å²) in [6.07, 6.45) is 3.56. The fourth-order valence-corrected chi connectivity index (χ4v) is 3.37. The molecule has 0 saturated heterocycles. The van der Waals surface area contributed by atoms with Gasteiger partial charge in [-0.15, -0.1) is 0 Å². The lowest BCUT2D eigenvalue weighted by molar-refractivity contribution is 1.05. The van der Waals surface area contributed by atoms with E-state index >= 15 is 0 Å². The van der Waals surface area contributed by atoms with Gasteiger partial charge in [0.15, 0.2) is 0 Å². The van der Waals surface area contributed by atoms with E-state index in [1.54, 1.807) is 12.4 Å². The molecule has 0 radical (unpaired) electrons. The van der Waals surface area contributed by atoms with E-state index in [0.29, 0.717) is 5.56 Å². The first kappa shape index (κ1) is 16.7. The molecule has 27 heavy (non-hydrogen) atoms. The first-order valence-electron chi connectivity index (χ1n) is 8.74. The van der Waals surface area contributed by atoms with Crippen LogP contribution in [0, 0.1) is 25.2 Å². The smallest absolute Gasteiger partial charge is 0.100 e. The number of hydrogen-bond acceptors (Lipinski definition) is 3. The monoisotopic (exact) mass is 350 g/mol. The van der Waals surface area contributed by atoms with Gasteiger partial charge in [0.2, 0.25) is 0 Å². The highest BCUT2D eigenvalue weighted by molar-refractivity contribution is 5.84. The van der Waals surface area contributed by atoms with E-state index in [4.69, 9.17) is 5.26 Å². The summed E-state index contributed by atoms with van der Waals surface area (Å²) in [7, 11) is 0. The number of rotatable bonds is 3. The van der Waals surface area contributed by atoms with Crippen LogP contribution in [0.5, 0.6) is 0 Å². The van der Waals surface area contributed by atoms with Crippen LogP contribution in [0.4, 0.5) is 0 Å². The zero-order valence-corrected chi connectivity index (χ0v) is 15.2. The van der Waals surface area contributed by atoms with Crippen LogP contribution in [-0.2, 0) is 0 Å². The van der Waals surface area contributed by atoms with Gasteiger partial charge in [0.05, 0.1) is 11.6 Å². The highest BCUT2D eigenvalue weighted by Crippen LogP contribution is 2.35. The van der Waals surface area contributed by atoms with Crippen molar-refractivity contribution < 1.29 is 0 Å². The molecule has 0 aliphatic heterocycles. The molecule has 4 rings (SSSR count). The Balaban J connectivity index is 1.78. The summed E-state index contributed by atoms with van der Waals surface area (Å²) >= 11 is 0. The normalized spacial score (nSPS) is 10.6. The SMILES string of the molecule is Cc1cc(-c2c(-c3ccncc3)n[nH]c2C)ccc1-c1ccc(C#N)cc1. The zero-order valence-electron chi connectivity index (χ0n) is 15.2. The van der Waals surface area contributed by atoms with Crippen molar-refractivity contribution in [3.8, 4) is 39.6 Å². The molecule has 0 unspecified atom stereocenters. The molecule has 2 heterocycles. The highest BCUT2D eigenvalue weighted by atomic mass is 15.1. The number of nitrogens with one attached hydrogen (secondary N) is 1. The Morgan fingerprint density at radius 2 is 1.56 bits per heavy atom. The molecule has 130 valence electrons. The number of benzene rings is 2. The lowest BCUT2D eigenvalue weighted by Gasteiger charge is -2.10. The van der Waals surface area contributed by atoms with E-state index < -0.39 is 0 Å². The molecule has 0 bridgehead atoms. The lowest BCUT2D eigenvalue weighted by Crippen LogP contribution is -1.89. The molecule has 0 saturated carbocycles. The largest absolute Gasteiger partial charge is 0.282 e. The standard InChI is InChI=1S/C23H18N4/c1-15-13-20(7-8-21(15)18-5-3-17(14-24)4-6-18)22-16(2)26-27-23(22)19-9-11-25-12-10-19/h3-13H,1-2H3,(H,26,27). The van der Waals surface area contributed by atoms with Crippen LogP contribution in [0.25, 0.3) is 33.5 Å². The van der Waals surface area contributed by atoms with Gasteiger partial charge in [-0.05, 0) is 60.4 Å². The quantitative estimate of drug-likeness (QED) is 0.545. The number of aromatic nitrogens is 3. The highest BCUT2D eigenvalue weighted by Gasteiger charge is 2.15. The van der Waals surface area contributed by atoms with Crippen LogP contribution in [-0.4, -0.2) is 15.2 Å². The first-order chi connectivity index (χ1) is 13.2. The van der Waals surface area contributed by atoms with E-state index in [1.807, 2.05) is 43.3 Å². The fraction of sp³-hybridized carbons (Fsp3) is 0.0870. The van der Waals surface area contributed by atoms with E-state index in [1.165, 1.54) is 5.56 Å². The van der Waals surface area contributed by atoms with Crippen molar-refractivity contribution in [2.24, 2.45) is 0 Å². The molecule has 2 aromatic heterocycles. The van der Waals surface area contributed by atoms with Crippen molar-refractivity contribution in [1.29, 1.82) is 5.26 Å². The molecular formula is C23H18N4. The molecule has 0 aliphatic rings. The minimum absolute atomic E-state index is 0.670. The van der Waals surface area contributed by atoms with Crippen LogP contribution in [0.1, 0.15) is 16.8 Å². The average molecular weight is 350 g/mol. The molecule has 0 aliphatic carbocycles. The van der Waals surface area contributed by atoms with Crippen LogP contribution >= 0.6 is 0 Å². The maximum Gasteiger partial charge on any atom is 0.100 e. The van der Waals surface area contributed by atoms with Crippen LogP contribution in [0.2, 0.25) is 0 Å². The predicted octanol–water partition coefficient (Wildman–Crippen LogP) is 5.29. The van der Waals surface area contributed by atoms with Gasteiger partial charge in [-0.25, -0.2) is 0 Å². The molecule has 0 atom stereocenters. The number of hydrogen-bond donors (Lipinski definition) is 1. The van der Waals surface area contributed by atoms with Gasteiger partial charge in [0, 0.05) is 29.2 Å². The van der Waals surface area contributed by atoms with Crippen molar-refractivity contribution in [3.05, 3.63) is 83.8 Å². The van der Waals surface area contributed by atoms with Crippen LogP contribution in [0.3, 0.4) is 0 Å². The minimum Gasteiger partial charge on any atom is -0.282 e. The summed E-state index contributed by atoms with van der Waals surface area (Å²) in [5, 5.41) is 16.6. The van der Waals surface area contributed by atoms with Crippen molar-refractivity contribution in [2.45, 2.75) is 13.8 Å². The second-order valence-corrected chi connectivity index (χ2v) is 6.53. The van der Waals surface area contributed by atoms with E-state index in [2.05, 4.69) is 46.4 Å². The maximum atomic E-state index is 8.98. The van der Waals surface area contributed by atoms with E-state index in [-0.39, 0.29) is 0 Å². The van der Waals surface area contributed by atoms with Crippen molar-refractivity contribution >= 4 is 0 Å². The lowest BCUT2D eigenvalue weighted by atomic mass is 9.93. The molecule has 0 amide bonds. The number of pyridine rings is 1.